The molecule has 3 rings (SSSR count). The lowest BCUT2D eigenvalue weighted by Crippen LogP contribution is -2.42. The third-order valence-electron chi connectivity index (χ3n) is 6.10. The summed E-state index contributed by atoms with van der Waals surface area (Å²) < 4.78 is 10.7. The number of ether oxygens (including phenoxy) is 2. The smallest absolute Gasteiger partial charge is 0.337 e. The lowest BCUT2D eigenvalue weighted by atomic mass is 9.74. The van der Waals surface area contributed by atoms with E-state index in [2.05, 4.69) is 42.2 Å². The molecular formula is C25H33NO3. The Hall–Kier alpha value is -2.17. The van der Waals surface area contributed by atoms with Crippen LogP contribution in [0.5, 0.6) is 0 Å². The Morgan fingerprint density at radius 2 is 1.69 bits per heavy atom. The summed E-state index contributed by atoms with van der Waals surface area (Å²) in [6.45, 7) is 6.81. The molecule has 156 valence electrons. The van der Waals surface area contributed by atoms with Crippen LogP contribution in [-0.4, -0.2) is 44.3 Å². The summed E-state index contributed by atoms with van der Waals surface area (Å²) in [5.74, 6) is -0.284. The molecule has 4 nitrogen and oxygen atoms in total. The van der Waals surface area contributed by atoms with E-state index in [1.165, 1.54) is 37.5 Å². The Balaban J connectivity index is 1.55. The molecule has 1 aliphatic heterocycles. The zero-order chi connectivity index (χ0) is 20.5. The molecule has 0 unspecified atom stereocenters. The topological polar surface area (TPSA) is 38.8 Å². The molecule has 1 fully saturated rings. The molecule has 1 heterocycles. The van der Waals surface area contributed by atoms with Gasteiger partial charge in [-0.2, -0.15) is 0 Å². The fraction of sp³-hybridized carbons (Fsp3) is 0.480. The number of benzene rings is 2. The highest BCUT2D eigenvalue weighted by Gasteiger charge is 2.34. The summed E-state index contributed by atoms with van der Waals surface area (Å²) in [7, 11) is 1.41. The summed E-state index contributed by atoms with van der Waals surface area (Å²) in [4.78, 5) is 14.1. The van der Waals surface area contributed by atoms with E-state index in [1.807, 2.05) is 24.3 Å². The third-order valence-corrected chi connectivity index (χ3v) is 6.10. The molecule has 2 aromatic rings. The van der Waals surface area contributed by atoms with Crippen LogP contribution in [-0.2, 0) is 22.4 Å². The highest BCUT2D eigenvalue weighted by atomic mass is 16.5. The zero-order valence-electron chi connectivity index (χ0n) is 17.7. The number of likely N-dealkylation sites (tertiary alicyclic amines) is 1. The number of carbonyl (C=O) groups is 1. The van der Waals surface area contributed by atoms with Gasteiger partial charge >= 0.3 is 5.97 Å². The van der Waals surface area contributed by atoms with Gasteiger partial charge in [-0.1, -0.05) is 42.5 Å². The molecule has 0 saturated carbocycles. The van der Waals surface area contributed by atoms with Gasteiger partial charge in [-0.25, -0.2) is 4.79 Å². The molecular weight excluding hydrogens is 362 g/mol. The predicted octanol–water partition coefficient (Wildman–Crippen LogP) is 4.72. The first-order chi connectivity index (χ1) is 14.1. The molecule has 0 amide bonds. The van der Waals surface area contributed by atoms with Crippen LogP contribution < -0.4 is 0 Å². The molecule has 2 aromatic carbocycles. The van der Waals surface area contributed by atoms with E-state index >= 15 is 0 Å². The molecule has 0 aliphatic carbocycles. The monoisotopic (exact) mass is 395 g/mol. The minimum Gasteiger partial charge on any atom is -0.465 e. The molecule has 0 aromatic heterocycles. The first kappa shape index (κ1) is 21.5. The van der Waals surface area contributed by atoms with Crippen molar-refractivity contribution in [2.24, 2.45) is 5.41 Å². The quantitative estimate of drug-likeness (QED) is 0.576. The summed E-state index contributed by atoms with van der Waals surface area (Å²) in [5.41, 5.74) is 3.53. The van der Waals surface area contributed by atoms with Gasteiger partial charge in [-0.3, -0.25) is 4.90 Å². The normalized spacial score (nSPS) is 16.5. The first-order valence-corrected chi connectivity index (χ1v) is 10.7. The van der Waals surface area contributed by atoms with E-state index in [-0.39, 0.29) is 11.4 Å². The van der Waals surface area contributed by atoms with Crippen molar-refractivity contribution >= 4 is 5.97 Å². The van der Waals surface area contributed by atoms with E-state index in [0.717, 1.165) is 39.3 Å². The van der Waals surface area contributed by atoms with Crippen LogP contribution in [0.4, 0.5) is 0 Å². The second-order valence-electron chi connectivity index (χ2n) is 8.09. The average molecular weight is 396 g/mol. The van der Waals surface area contributed by atoms with Crippen LogP contribution in [0.25, 0.3) is 0 Å². The highest BCUT2D eigenvalue weighted by Crippen LogP contribution is 2.37. The lowest BCUT2D eigenvalue weighted by Gasteiger charge is -2.42. The van der Waals surface area contributed by atoms with Gasteiger partial charge in [0.1, 0.15) is 0 Å². The van der Waals surface area contributed by atoms with Gasteiger partial charge in [0.15, 0.2) is 0 Å². The largest absolute Gasteiger partial charge is 0.465 e. The van der Waals surface area contributed by atoms with Gasteiger partial charge in [0.2, 0.25) is 0 Å². The van der Waals surface area contributed by atoms with Crippen molar-refractivity contribution in [3.8, 4) is 0 Å². The van der Waals surface area contributed by atoms with Gasteiger partial charge in [0.25, 0.3) is 0 Å². The number of piperidine rings is 1. The SMILES string of the molecule is CCOCC1(CCc2ccccc2)CCN(Cc2ccc(C(=O)OC)cc2)CC1. The van der Waals surface area contributed by atoms with Crippen molar-refractivity contribution in [1.82, 2.24) is 4.90 Å². The standard InChI is InChI=1S/C25H33NO3/c1-3-29-20-25(14-13-21-7-5-4-6-8-21)15-17-26(18-16-25)19-22-9-11-23(12-10-22)24(27)28-2/h4-12H,3,13-20H2,1-2H3. The fourth-order valence-electron chi connectivity index (χ4n) is 4.15. The van der Waals surface area contributed by atoms with Crippen LogP contribution >= 0.6 is 0 Å². The van der Waals surface area contributed by atoms with E-state index in [1.54, 1.807) is 0 Å². The maximum atomic E-state index is 11.6. The molecule has 0 atom stereocenters. The van der Waals surface area contributed by atoms with Crippen LogP contribution in [0.3, 0.4) is 0 Å². The van der Waals surface area contributed by atoms with Gasteiger partial charge in [0, 0.05) is 13.2 Å². The third kappa shape index (κ3) is 6.15. The van der Waals surface area contributed by atoms with E-state index in [0.29, 0.717) is 5.56 Å². The fourth-order valence-corrected chi connectivity index (χ4v) is 4.15. The molecule has 4 heteroatoms. The summed E-state index contributed by atoms with van der Waals surface area (Å²) in [6.07, 6.45) is 4.63. The molecule has 1 saturated heterocycles. The maximum absolute atomic E-state index is 11.6. The van der Waals surface area contributed by atoms with Gasteiger partial charge in [-0.15, -0.1) is 0 Å². The van der Waals surface area contributed by atoms with Crippen molar-refractivity contribution in [2.75, 3.05) is 33.4 Å². The number of methoxy groups -OCH3 is 1. The number of nitrogens with zero attached hydrogens (tertiary/aromatic N) is 1. The van der Waals surface area contributed by atoms with Gasteiger partial charge in [0.05, 0.1) is 19.3 Å². The van der Waals surface area contributed by atoms with Crippen molar-refractivity contribution in [3.63, 3.8) is 0 Å². The van der Waals surface area contributed by atoms with E-state index in [9.17, 15) is 4.79 Å². The Bertz CT molecular complexity index is 749. The van der Waals surface area contributed by atoms with Crippen LogP contribution in [0.15, 0.2) is 54.6 Å². The number of esters is 1. The Kier molecular flexibility index (Phi) is 7.84. The summed E-state index contributed by atoms with van der Waals surface area (Å²) in [6, 6.07) is 18.5. The van der Waals surface area contributed by atoms with Crippen molar-refractivity contribution < 1.29 is 14.3 Å². The Morgan fingerprint density at radius 3 is 2.31 bits per heavy atom. The molecule has 0 bridgehead atoms. The van der Waals surface area contributed by atoms with Crippen molar-refractivity contribution in [3.05, 3.63) is 71.3 Å². The Morgan fingerprint density at radius 1 is 1.00 bits per heavy atom. The van der Waals surface area contributed by atoms with Crippen molar-refractivity contribution in [1.29, 1.82) is 0 Å². The predicted molar refractivity (Wildman–Crippen MR) is 116 cm³/mol. The van der Waals surface area contributed by atoms with E-state index in [4.69, 9.17) is 9.47 Å². The number of carbonyl (C=O) groups excluding carboxylic acids is 1. The second kappa shape index (κ2) is 10.6. The minimum absolute atomic E-state index is 0.275. The highest BCUT2D eigenvalue weighted by molar-refractivity contribution is 5.89. The molecule has 1 aliphatic rings. The van der Waals surface area contributed by atoms with Crippen LogP contribution in [0.2, 0.25) is 0 Å². The molecule has 0 N–H and O–H groups in total. The summed E-state index contributed by atoms with van der Waals surface area (Å²) in [5, 5.41) is 0. The Labute approximate surface area is 174 Å². The number of hydrogen-bond donors (Lipinski definition) is 0. The second-order valence-corrected chi connectivity index (χ2v) is 8.09. The van der Waals surface area contributed by atoms with Gasteiger partial charge in [-0.05, 0) is 74.4 Å². The molecule has 0 radical (unpaired) electrons. The molecule has 0 spiro atoms. The first-order valence-electron chi connectivity index (χ1n) is 10.7. The number of aryl methyl sites for hydroxylation is 1. The van der Waals surface area contributed by atoms with Crippen LogP contribution in [0.1, 0.15) is 47.7 Å². The van der Waals surface area contributed by atoms with E-state index < -0.39 is 0 Å². The average Bonchev–Trinajstić information content (AvgIpc) is 2.78. The number of hydrogen-bond acceptors (Lipinski definition) is 4. The lowest BCUT2D eigenvalue weighted by molar-refractivity contribution is -0.00232. The maximum Gasteiger partial charge on any atom is 0.337 e. The van der Waals surface area contributed by atoms with Crippen LogP contribution in [0, 0.1) is 5.41 Å². The molecule has 29 heavy (non-hydrogen) atoms. The minimum atomic E-state index is -0.284. The summed E-state index contributed by atoms with van der Waals surface area (Å²) >= 11 is 0. The zero-order valence-corrected chi connectivity index (χ0v) is 17.7. The van der Waals surface area contributed by atoms with Gasteiger partial charge < -0.3 is 9.47 Å². The van der Waals surface area contributed by atoms with Crippen molar-refractivity contribution in [2.45, 2.75) is 39.2 Å². The number of rotatable bonds is 9.